The van der Waals surface area contributed by atoms with Crippen molar-refractivity contribution in [2.45, 2.75) is 39.2 Å². The molecule has 0 saturated heterocycles. The summed E-state index contributed by atoms with van der Waals surface area (Å²) in [6.07, 6.45) is 3.52. The van der Waals surface area contributed by atoms with Crippen molar-refractivity contribution >= 4 is 0 Å². The summed E-state index contributed by atoms with van der Waals surface area (Å²) >= 11 is 0. The predicted octanol–water partition coefficient (Wildman–Crippen LogP) is 1.82. The van der Waals surface area contributed by atoms with Crippen LogP contribution in [0.3, 0.4) is 0 Å². The van der Waals surface area contributed by atoms with Gasteiger partial charge in [-0.3, -0.25) is 0 Å². The Morgan fingerprint density at radius 1 is 1.14 bits per heavy atom. The fourth-order valence-electron chi connectivity index (χ4n) is 1.07. The van der Waals surface area contributed by atoms with E-state index in [-0.39, 0.29) is 0 Å². The molecule has 86 valence electrons. The maximum Gasteiger partial charge on any atom is 0.0700 e. The monoisotopic (exact) mass is 203 g/mol. The lowest BCUT2D eigenvalue weighted by atomic mass is 10.2. The lowest BCUT2D eigenvalue weighted by Gasteiger charge is -2.10. The zero-order valence-electron chi connectivity index (χ0n) is 9.84. The van der Waals surface area contributed by atoms with E-state index in [4.69, 9.17) is 9.47 Å². The fraction of sp³-hybridized carbons (Fsp3) is 1.00. The number of unbranched alkanes of at least 4 members (excludes halogenated alkanes) is 1. The quantitative estimate of drug-likeness (QED) is 0.549. The maximum atomic E-state index is 5.35. The molecule has 0 radical (unpaired) electrons. The summed E-state index contributed by atoms with van der Waals surface area (Å²) in [5.74, 6) is 0. The zero-order chi connectivity index (χ0) is 10.6. The molecule has 0 spiro atoms. The average Bonchev–Trinajstić information content (AvgIpc) is 2.21. The van der Waals surface area contributed by atoms with Crippen LogP contribution in [0.25, 0.3) is 0 Å². The zero-order valence-corrected chi connectivity index (χ0v) is 9.84. The van der Waals surface area contributed by atoms with Gasteiger partial charge in [0.25, 0.3) is 0 Å². The number of hydrogen-bond donors (Lipinski definition) is 1. The molecule has 0 bridgehead atoms. The van der Waals surface area contributed by atoms with Gasteiger partial charge in [-0.1, -0.05) is 6.92 Å². The first-order valence-corrected chi connectivity index (χ1v) is 5.61. The third-order valence-corrected chi connectivity index (χ3v) is 2.25. The Hall–Kier alpha value is -0.120. The second-order valence-corrected chi connectivity index (χ2v) is 3.58. The molecule has 0 aliphatic rings. The molecule has 0 fully saturated rings. The fourth-order valence-corrected chi connectivity index (χ4v) is 1.07. The summed E-state index contributed by atoms with van der Waals surface area (Å²) in [6, 6.07) is 0.643. The van der Waals surface area contributed by atoms with Crippen molar-refractivity contribution < 1.29 is 9.47 Å². The van der Waals surface area contributed by atoms with Gasteiger partial charge in [-0.2, -0.15) is 0 Å². The van der Waals surface area contributed by atoms with Gasteiger partial charge in [0.05, 0.1) is 13.2 Å². The van der Waals surface area contributed by atoms with Gasteiger partial charge in [0, 0.05) is 19.8 Å². The van der Waals surface area contributed by atoms with Gasteiger partial charge in [0.2, 0.25) is 0 Å². The number of hydrogen-bond acceptors (Lipinski definition) is 3. The Kier molecular flexibility index (Phi) is 10.9. The molecule has 0 amide bonds. The van der Waals surface area contributed by atoms with Crippen LogP contribution in [0.2, 0.25) is 0 Å². The van der Waals surface area contributed by atoms with E-state index in [1.165, 1.54) is 12.8 Å². The topological polar surface area (TPSA) is 30.5 Å². The molecule has 3 heteroatoms. The molecule has 0 heterocycles. The van der Waals surface area contributed by atoms with Gasteiger partial charge < -0.3 is 14.8 Å². The van der Waals surface area contributed by atoms with Crippen LogP contribution in [0.15, 0.2) is 0 Å². The van der Waals surface area contributed by atoms with Crippen LogP contribution >= 0.6 is 0 Å². The SMILES string of the molecule is CCC(C)NCCCCOCCOC. The Balaban J connectivity index is 2.92. The molecule has 1 unspecified atom stereocenters. The third-order valence-electron chi connectivity index (χ3n) is 2.25. The van der Waals surface area contributed by atoms with E-state index in [1.807, 2.05) is 0 Å². The highest BCUT2D eigenvalue weighted by Gasteiger charge is 1.95. The highest BCUT2D eigenvalue weighted by Crippen LogP contribution is 1.92. The van der Waals surface area contributed by atoms with Gasteiger partial charge in [-0.15, -0.1) is 0 Å². The van der Waals surface area contributed by atoms with Crippen LogP contribution < -0.4 is 5.32 Å². The van der Waals surface area contributed by atoms with Crippen LogP contribution in [0.1, 0.15) is 33.1 Å². The normalized spacial score (nSPS) is 13.1. The Labute approximate surface area is 88.2 Å². The first-order chi connectivity index (χ1) is 6.81. The van der Waals surface area contributed by atoms with Crippen LogP contribution in [-0.4, -0.2) is 39.5 Å². The molecular formula is C11H25NO2. The van der Waals surface area contributed by atoms with Crippen LogP contribution in [-0.2, 0) is 9.47 Å². The Morgan fingerprint density at radius 3 is 2.57 bits per heavy atom. The van der Waals surface area contributed by atoms with Gasteiger partial charge in [0.1, 0.15) is 0 Å². The summed E-state index contributed by atoms with van der Waals surface area (Å²) in [5.41, 5.74) is 0. The minimum Gasteiger partial charge on any atom is -0.382 e. The van der Waals surface area contributed by atoms with E-state index >= 15 is 0 Å². The van der Waals surface area contributed by atoms with E-state index in [2.05, 4.69) is 19.2 Å². The highest BCUT2D eigenvalue weighted by atomic mass is 16.5. The first-order valence-electron chi connectivity index (χ1n) is 5.61. The van der Waals surface area contributed by atoms with Crippen LogP contribution in [0, 0.1) is 0 Å². The van der Waals surface area contributed by atoms with Gasteiger partial charge in [0.15, 0.2) is 0 Å². The number of rotatable bonds is 10. The number of ether oxygens (including phenoxy) is 2. The summed E-state index contributed by atoms with van der Waals surface area (Å²) in [5, 5.41) is 3.45. The van der Waals surface area contributed by atoms with E-state index < -0.39 is 0 Å². The predicted molar refractivity (Wildman–Crippen MR) is 59.7 cm³/mol. The third kappa shape index (κ3) is 9.96. The highest BCUT2D eigenvalue weighted by molar-refractivity contribution is 4.56. The molecule has 3 nitrogen and oxygen atoms in total. The molecule has 14 heavy (non-hydrogen) atoms. The van der Waals surface area contributed by atoms with Crippen molar-refractivity contribution in [3.8, 4) is 0 Å². The standard InChI is InChI=1S/C11H25NO2/c1-4-11(2)12-7-5-6-8-14-10-9-13-3/h11-12H,4-10H2,1-3H3. The van der Waals surface area contributed by atoms with E-state index in [9.17, 15) is 0 Å². The Bertz CT molecular complexity index is 109. The van der Waals surface area contributed by atoms with Gasteiger partial charge in [-0.05, 0) is 32.7 Å². The van der Waals surface area contributed by atoms with Crippen LogP contribution in [0.5, 0.6) is 0 Å². The molecule has 0 rings (SSSR count). The number of nitrogens with one attached hydrogen (secondary N) is 1. The van der Waals surface area contributed by atoms with Crippen molar-refractivity contribution in [3.63, 3.8) is 0 Å². The molecule has 1 N–H and O–H groups in total. The summed E-state index contributed by atoms with van der Waals surface area (Å²) in [6.45, 7) is 7.79. The lowest BCUT2D eigenvalue weighted by molar-refractivity contribution is 0.0687. The van der Waals surface area contributed by atoms with Crippen molar-refractivity contribution in [2.75, 3.05) is 33.5 Å². The largest absolute Gasteiger partial charge is 0.382 e. The van der Waals surface area contributed by atoms with Crippen molar-refractivity contribution in [3.05, 3.63) is 0 Å². The summed E-state index contributed by atoms with van der Waals surface area (Å²) < 4.78 is 10.2. The molecule has 0 aliphatic heterocycles. The second kappa shape index (κ2) is 11.0. The van der Waals surface area contributed by atoms with Crippen molar-refractivity contribution in [1.29, 1.82) is 0 Å². The van der Waals surface area contributed by atoms with Crippen molar-refractivity contribution in [1.82, 2.24) is 5.32 Å². The minimum absolute atomic E-state index is 0.643. The van der Waals surface area contributed by atoms with Gasteiger partial charge >= 0.3 is 0 Å². The lowest BCUT2D eigenvalue weighted by Crippen LogP contribution is -2.26. The van der Waals surface area contributed by atoms with Gasteiger partial charge in [-0.25, -0.2) is 0 Å². The van der Waals surface area contributed by atoms with Crippen LogP contribution in [0.4, 0.5) is 0 Å². The van der Waals surface area contributed by atoms with E-state index in [1.54, 1.807) is 7.11 Å². The Morgan fingerprint density at radius 2 is 1.93 bits per heavy atom. The summed E-state index contributed by atoms with van der Waals surface area (Å²) in [4.78, 5) is 0. The van der Waals surface area contributed by atoms with Crippen molar-refractivity contribution in [2.24, 2.45) is 0 Å². The maximum absolute atomic E-state index is 5.35. The van der Waals surface area contributed by atoms with E-state index in [0.29, 0.717) is 12.6 Å². The molecule has 0 aliphatic carbocycles. The molecule has 0 aromatic heterocycles. The molecule has 0 saturated carbocycles. The minimum atomic E-state index is 0.643. The second-order valence-electron chi connectivity index (χ2n) is 3.58. The average molecular weight is 203 g/mol. The molecule has 0 aromatic rings. The molecular weight excluding hydrogens is 178 g/mol. The first kappa shape index (κ1) is 13.9. The smallest absolute Gasteiger partial charge is 0.0700 e. The number of methoxy groups -OCH3 is 1. The summed E-state index contributed by atoms with van der Waals surface area (Å²) in [7, 11) is 1.69. The van der Waals surface area contributed by atoms with E-state index in [0.717, 1.165) is 26.2 Å². The molecule has 0 aromatic carbocycles. The molecule has 1 atom stereocenters.